The molecule has 1 rings (SSSR count). The zero-order valence-corrected chi connectivity index (χ0v) is 9.86. The maximum atomic E-state index is 8.52. The van der Waals surface area contributed by atoms with Crippen LogP contribution in [0.1, 0.15) is 36.9 Å². The van der Waals surface area contributed by atoms with E-state index in [1.54, 1.807) is 7.11 Å². The maximum Gasteiger partial charge on any atom is 0.122 e. The molecular weight excluding hydrogens is 200 g/mol. The maximum absolute atomic E-state index is 8.52. The van der Waals surface area contributed by atoms with E-state index in [2.05, 4.69) is 19.1 Å². The van der Waals surface area contributed by atoms with Gasteiger partial charge in [0.25, 0.3) is 0 Å². The summed E-state index contributed by atoms with van der Waals surface area (Å²) in [7, 11) is 1.67. The molecule has 0 aliphatic carbocycles. The van der Waals surface area contributed by atoms with E-state index < -0.39 is 0 Å². The van der Waals surface area contributed by atoms with Crippen LogP contribution in [-0.4, -0.2) is 7.11 Å². The van der Waals surface area contributed by atoms with Crippen molar-refractivity contribution in [2.75, 3.05) is 7.11 Å². The Hall–Kier alpha value is -1.53. The summed E-state index contributed by atoms with van der Waals surface area (Å²) in [5, 5.41) is 8.52. The fourth-order valence-electron chi connectivity index (χ4n) is 1.69. The highest BCUT2D eigenvalue weighted by Crippen LogP contribution is 2.24. The fraction of sp³-hybridized carbons (Fsp3) is 0.462. The van der Waals surface area contributed by atoms with Gasteiger partial charge in [0.05, 0.1) is 13.2 Å². The van der Waals surface area contributed by atoms with Gasteiger partial charge in [0.1, 0.15) is 5.75 Å². The number of nitriles is 1. The molecule has 0 radical (unpaired) electrons. The minimum Gasteiger partial charge on any atom is -0.496 e. The van der Waals surface area contributed by atoms with E-state index >= 15 is 0 Å². The lowest BCUT2D eigenvalue weighted by molar-refractivity contribution is 0.409. The van der Waals surface area contributed by atoms with Crippen molar-refractivity contribution in [3.05, 3.63) is 29.3 Å². The van der Waals surface area contributed by atoms with Gasteiger partial charge in [-0.1, -0.05) is 19.1 Å². The largest absolute Gasteiger partial charge is 0.496 e. The zero-order chi connectivity index (χ0) is 12.0. The van der Waals surface area contributed by atoms with Crippen LogP contribution in [0.15, 0.2) is 18.2 Å². The Bertz CT molecular complexity index is 382. The second-order valence-electron chi connectivity index (χ2n) is 3.73. The molecule has 86 valence electrons. The molecule has 1 aromatic carbocycles. The van der Waals surface area contributed by atoms with Crippen LogP contribution in [0.3, 0.4) is 0 Å². The molecule has 0 fully saturated rings. The molecule has 1 unspecified atom stereocenters. The lowest BCUT2D eigenvalue weighted by Gasteiger charge is -2.13. The number of aryl methyl sites for hydroxylation is 1. The molecule has 0 aliphatic rings. The second-order valence-corrected chi connectivity index (χ2v) is 3.73. The summed E-state index contributed by atoms with van der Waals surface area (Å²) in [6, 6.07) is 8.04. The number of hydrogen-bond acceptors (Lipinski definition) is 3. The predicted octanol–water partition coefficient (Wildman–Crippen LogP) is 2.56. The average Bonchev–Trinajstić information content (AvgIpc) is 2.34. The predicted molar refractivity (Wildman–Crippen MR) is 64.1 cm³/mol. The van der Waals surface area contributed by atoms with Crippen LogP contribution in [0, 0.1) is 11.3 Å². The van der Waals surface area contributed by atoms with Crippen LogP contribution in [0.5, 0.6) is 5.75 Å². The topological polar surface area (TPSA) is 59.0 Å². The first kappa shape index (κ1) is 12.5. The molecule has 0 spiro atoms. The van der Waals surface area contributed by atoms with Crippen LogP contribution in [0.25, 0.3) is 0 Å². The highest BCUT2D eigenvalue weighted by atomic mass is 16.5. The van der Waals surface area contributed by atoms with Gasteiger partial charge in [-0.2, -0.15) is 5.26 Å². The van der Waals surface area contributed by atoms with Crippen molar-refractivity contribution in [2.45, 2.75) is 32.2 Å². The SMILES string of the molecule is CCc1cc(C(N)CCC#N)ccc1OC. The van der Waals surface area contributed by atoms with Gasteiger partial charge in [-0.05, 0) is 30.0 Å². The molecule has 3 nitrogen and oxygen atoms in total. The van der Waals surface area contributed by atoms with Gasteiger partial charge < -0.3 is 10.5 Å². The number of nitrogens with two attached hydrogens (primary N) is 1. The van der Waals surface area contributed by atoms with E-state index in [-0.39, 0.29) is 6.04 Å². The molecule has 0 aromatic heterocycles. The number of nitrogens with zero attached hydrogens (tertiary/aromatic N) is 1. The average molecular weight is 218 g/mol. The number of hydrogen-bond donors (Lipinski definition) is 1. The Morgan fingerprint density at radius 2 is 2.25 bits per heavy atom. The third-order valence-electron chi connectivity index (χ3n) is 2.68. The third-order valence-corrected chi connectivity index (χ3v) is 2.68. The minimum absolute atomic E-state index is 0.0594. The highest BCUT2D eigenvalue weighted by molar-refractivity contribution is 5.38. The zero-order valence-electron chi connectivity index (χ0n) is 9.86. The summed E-state index contributed by atoms with van der Waals surface area (Å²) in [5.74, 6) is 0.902. The first-order valence-electron chi connectivity index (χ1n) is 5.52. The fourth-order valence-corrected chi connectivity index (χ4v) is 1.69. The van der Waals surface area contributed by atoms with Crippen molar-refractivity contribution in [3.63, 3.8) is 0 Å². The molecule has 1 aromatic rings. The van der Waals surface area contributed by atoms with Crippen molar-refractivity contribution in [3.8, 4) is 11.8 Å². The summed E-state index contributed by atoms with van der Waals surface area (Å²) in [6.45, 7) is 2.09. The molecule has 0 saturated heterocycles. The van der Waals surface area contributed by atoms with Crippen molar-refractivity contribution in [1.82, 2.24) is 0 Å². The van der Waals surface area contributed by atoms with E-state index in [4.69, 9.17) is 15.7 Å². The van der Waals surface area contributed by atoms with Crippen molar-refractivity contribution in [1.29, 1.82) is 5.26 Å². The summed E-state index contributed by atoms with van der Waals surface area (Å²) < 4.78 is 5.26. The lowest BCUT2D eigenvalue weighted by Crippen LogP contribution is -2.10. The van der Waals surface area contributed by atoms with E-state index in [1.165, 1.54) is 0 Å². The molecule has 0 aliphatic heterocycles. The van der Waals surface area contributed by atoms with Gasteiger partial charge in [-0.15, -0.1) is 0 Å². The first-order chi connectivity index (χ1) is 7.72. The van der Waals surface area contributed by atoms with Gasteiger partial charge in [0, 0.05) is 12.5 Å². The summed E-state index contributed by atoms with van der Waals surface area (Å²) in [6.07, 6.45) is 2.11. The van der Waals surface area contributed by atoms with Crippen molar-refractivity contribution in [2.24, 2.45) is 5.73 Å². The minimum atomic E-state index is -0.0594. The van der Waals surface area contributed by atoms with Crippen LogP contribution in [0.4, 0.5) is 0 Å². The van der Waals surface area contributed by atoms with Crippen LogP contribution >= 0.6 is 0 Å². The van der Waals surface area contributed by atoms with Crippen molar-refractivity contribution < 1.29 is 4.74 Å². The van der Waals surface area contributed by atoms with Gasteiger partial charge in [0.2, 0.25) is 0 Å². The van der Waals surface area contributed by atoms with Crippen LogP contribution in [-0.2, 0) is 6.42 Å². The number of methoxy groups -OCH3 is 1. The van der Waals surface area contributed by atoms with Gasteiger partial charge in [-0.25, -0.2) is 0 Å². The van der Waals surface area contributed by atoms with Gasteiger partial charge >= 0.3 is 0 Å². The third kappa shape index (κ3) is 2.98. The molecule has 3 heteroatoms. The smallest absolute Gasteiger partial charge is 0.122 e. The van der Waals surface area contributed by atoms with E-state index in [0.717, 1.165) is 23.3 Å². The lowest BCUT2D eigenvalue weighted by atomic mass is 9.99. The highest BCUT2D eigenvalue weighted by Gasteiger charge is 2.08. The monoisotopic (exact) mass is 218 g/mol. The molecular formula is C13H18N2O. The van der Waals surface area contributed by atoms with Gasteiger partial charge in [-0.3, -0.25) is 0 Å². The van der Waals surface area contributed by atoms with Gasteiger partial charge in [0.15, 0.2) is 0 Å². The quantitative estimate of drug-likeness (QED) is 0.826. The van der Waals surface area contributed by atoms with E-state index in [9.17, 15) is 0 Å². The van der Waals surface area contributed by atoms with Crippen molar-refractivity contribution >= 4 is 0 Å². The summed E-state index contributed by atoms with van der Waals surface area (Å²) in [5.41, 5.74) is 8.24. The van der Waals surface area contributed by atoms with E-state index in [0.29, 0.717) is 12.8 Å². The summed E-state index contributed by atoms with van der Waals surface area (Å²) in [4.78, 5) is 0. The molecule has 0 amide bonds. The first-order valence-corrected chi connectivity index (χ1v) is 5.52. The normalized spacial score (nSPS) is 11.9. The molecule has 1 atom stereocenters. The molecule has 16 heavy (non-hydrogen) atoms. The Morgan fingerprint density at radius 1 is 1.50 bits per heavy atom. The molecule has 0 saturated carbocycles. The number of ether oxygens (including phenoxy) is 1. The Morgan fingerprint density at radius 3 is 2.81 bits per heavy atom. The Labute approximate surface area is 96.8 Å². The molecule has 2 N–H and O–H groups in total. The number of rotatable bonds is 5. The standard InChI is InChI=1S/C13H18N2O/c1-3-10-9-11(6-7-13(10)16-2)12(15)5-4-8-14/h6-7,9,12H,3-5,15H2,1-2H3. The number of benzene rings is 1. The molecule has 0 bridgehead atoms. The summed E-state index contributed by atoms with van der Waals surface area (Å²) >= 11 is 0. The second kappa shape index (κ2) is 6.14. The molecule has 0 heterocycles. The van der Waals surface area contributed by atoms with Crippen LogP contribution in [0.2, 0.25) is 0 Å². The van der Waals surface area contributed by atoms with Crippen LogP contribution < -0.4 is 10.5 Å². The Balaban J connectivity index is 2.86. The van der Waals surface area contributed by atoms with E-state index in [1.807, 2.05) is 12.1 Å². The Kier molecular flexibility index (Phi) is 4.81.